The summed E-state index contributed by atoms with van der Waals surface area (Å²) in [5.74, 6) is 1.95. The van der Waals surface area contributed by atoms with Crippen LogP contribution in [-0.4, -0.2) is 45.5 Å². The van der Waals surface area contributed by atoms with E-state index in [1.165, 1.54) is 0 Å². The smallest absolute Gasteiger partial charge is 0.449 e. The van der Waals surface area contributed by atoms with Crippen LogP contribution in [0, 0.1) is 0 Å². The molecule has 0 aliphatic carbocycles. The lowest BCUT2D eigenvalue weighted by Crippen LogP contribution is -2.33. The molecular weight excluding hydrogens is 556 g/mol. The summed E-state index contributed by atoms with van der Waals surface area (Å²) in [6.07, 6.45) is 3.55. The van der Waals surface area contributed by atoms with E-state index >= 15 is 0 Å². The molecule has 0 bridgehead atoms. The van der Waals surface area contributed by atoms with Crippen molar-refractivity contribution in [2.45, 2.75) is 85.8 Å². The molecule has 0 aliphatic heterocycles. The maximum Gasteiger partial charge on any atom is 0.514 e. The summed E-state index contributed by atoms with van der Waals surface area (Å²) in [7, 11) is 0. The first kappa shape index (κ1) is 32.5. The van der Waals surface area contributed by atoms with Crippen LogP contribution >= 0.6 is 0 Å². The zero-order valence-corrected chi connectivity index (χ0v) is 26.8. The Labute approximate surface area is 260 Å². The monoisotopic (exact) mass is 600 g/mol. The van der Waals surface area contributed by atoms with Crippen LogP contribution in [0.1, 0.15) is 78.6 Å². The Morgan fingerprint density at radius 2 is 1.61 bits per heavy atom. The molecule has 0 saturated heterocycles. The zero-order valence-electron chi connectivity index (χ0n) is 26.8. The van der Waals surface area contributed by atoms with Crippen LogP contribution < -0.4 is 9.64 Å². The number of ether oxygens (including phenoxy) is 3. The van der Waals surface area contributed by atoms with Crippen molar-refractivity contribution in [2.24, 2.45) is 0 Å². The molecule has 0 aliphatic rings. The number of unbranched alkanes of at least 4 members (excludes halogenated alkanes) is 2. The largest absolute Gasteiger partial charge is 0.514 e. The van der Waals surface area contributed by atoms with Crippen molar-refractivity contribution in [2.75, 3.05) is 18.1 Å². The molecule has 4 aromatic rings. The number of anilines is 1. The van der Waals surface area contributed by atoms with Crippen LogP contribution in [0.25, 0.3) is 22.3 Å². The average Bonchev–Trinajstić information content (AvgIpc) is 3.32. The fourth-order valence-corrected chi connectivity index (χ4v) is 4.82. The number of aryl methyl sites for hydroxylation is 1. The highest BCUT2D eigenvalue weighted by atomic mass is 16.7. The minimum atomic E-state index is -0.740. The van der Waals surface area contributed by atoms with Crippen molar-refractivity contribution in [3.05, 3.63) is 72.1 Å². The molecule has 1 amide bonds. The molecule has 9 nitrogen and oxygen atoms in total. The predicted octanol–water partition coefficient (Wildman–Crippen LogP) is 8.57. The summed E-state index contributed by atoms with van der Waals surface area (Å²) in [5, 5.41) is 0. The van der Waals surface area contributed by atoms with Gasteiger partial charge in [-0.1, -0.05) is 69.2 Å². The number of nitrogens with zero attached hydrogens (tertiary/aromatic N) is 4. The Morgan fingerprint density at radius 1 is 0.886 bits per heavy atom. The average molecular weight is 601 g/mol. The molecule has 0 radical (unpaired) electrons. The van der Waals surface area contributed by atoms with Crippen molar-refractivity contribution in [3.8, 4) is 16.9 Å². The molecule has 234 valence electrons. The summed E-state index contributed by atoms with van der Waals surface area (Å²) >= 11 is 0. The molecule has 44 heavy (non-hydrogen) atoms. The minimum Gasteiger partial charge on any atom is -0.449 e. The van der Waals surface area contributed by atoms with Gasteiger partial charge >= 0.3 is 12.2 Å². The molecule has 2 aromatic heterocycles. The molecule has 9 heteroatoms. The summed E-state index contributed by atoms with van der Waals surface area (Å²) in [6.45, 7) is 12.9. The van der Waals surface area contributed by atoms with Gasteiger partial charge in [0.2, 0.25) is 0 Å². The molecule has 2 aromatic carbocycles. The summed E-state index contributed by atoms with van der Waals surface area (Å²) in [5.41, 5.74) is 3.65. The van der Waals surface area contributed by atoms with E-state index in [4.69, 9.17) is 24.2 Å². The number of amides is 1. The third-order valence-electron chi connectivity index (χ3n) is 6.99. The standard InChI is InChI=1S/C35H44N4O5/c1-7-10-16-30-36-28-21-22-31(38(23-11-8-2)33(40)42-9-3)37-32(28)39(30)24-25-17-19-26(20-18-25)27-14-12-13-15-29(27)43-34(41)44-35(4,5)6/h12-15,17-22H,7-11,16,23-24H2,1-6H3. The highest BCUT2D eigenvalue weighted by Crippen LogP contribution is 2.31. The van der Waals surface area contributed by atoms with Gasteiger partial charge in [0.1, 0.15) is 28.5 Å². The highest BCUT2D eigenvalue weighted by Gasteiger charge is 2.22. The van der Waals surface area contributed by atoms with Gasteiger partial charge in [-0.25, -0.2) is 19.6 Å². The lowest BCUT2D eigenvalue weighted by molar-refractivity contribution is 0.0207. The summed E-state index contributed by atoms with van der Waals surface area (Å²) < 4.78 is 18.4. The first-order chi connectivity index (χ1) is 21.1. The molecule has 0 N–H and O–H groups in total. The Hall–Kier alpha value is -4.40. The lowest BCUT2D eigenvalue weighted by Gasteiger charge is -2.21. The predicted molar refractivity (Wildman–Crippen MR) is 173 cm³/mol. The number of hydrogen-bond acceptors (Lipinski definition) is 7. The Balaban J connectivity index is 1.65. The maximum atomic E-state index is 12.8. The lowest BCUT2D eigenvalue weighted by atomic mass is 10.0. The Morgan fingerprint density at radius 3 is 2.30 bits per heavy atom. The molecule has 4 rings (SSSR count). The quantitative estimate of drug-likeness (QED) is 0.119. The van der Waals surface area contributed by atoms with Gasteiger partial charge in [0.05, 0.1) is 13.2 Å². The van der Waals surface area contributed by atoms with Crippen molar-refractivity contribution < 1.29 is 23.8 Å². The minimum absolute atomic E-state index is 0.302. The van der Waals surface area contributed by atoms with E-state index in [0.29, 0.717) is 31.3 Å². The fourth-order valence-electron chi connectivity index (χ4n) is 4.82. The van der Waals surface area contributed by atoms with Crippen LogP contribution in [-0.2, 0) is 22.4 Å². The van der Waals surface area contributed by atoms with Crippen molar-refractivity contribution >= 4 is 29.2 Å². The molecular formula is C35H44N4O5. The van der Waals surface area contributed by atoms with Crippen molar-refractivity contribution in [1.29, 1.82) is 0 Å². The van der Waals surface area contributed by atoms with Crippen LogP contribution in [0.4, 0.5) is 15.4 Å². The summed E-state index contributed by atoms with van der Waals surface area (Å²) in [4.78, 5) is 36.7. The third kappa shape index (κ3) is 8.36. The molecule has 0 fully saturated rings. The number of carbonyl (C=O) groups is 2. The van der Waals surface area contributed by atoms with Gasteiger partial charge in [0.15, 0.2) is 5.65 Å². The van der Waals surface area contributed by atoms with Crippen LogP contribution in [0.5, 0.6) is 5.75 Å². The maximum absolute atomic E-state index is 12.8. The molecule has 0 unspecified atom stereocenters. The number of imidazole rings is 1. The van der Waals surface area contributed by atoms with Gasteiger partial charge in [-0.3, -0.25) is 4.90 Å². The number of hydrogen-bond donors (Lipinski definition) is 0. The summed E-state index contributed by atoms with van der Waals surface area (Å²) in [6, 6.07) is 19.4. The molecule has 0 atom stereocenters. The van der Waals surface area contributed by atoms with E-state index < -0.39 is 17.8 Å². The number of pyridine rings is 1. The van der Waals surface area contributed by atoms with E-state index in [2.05, 4.69) is 30.5 Å². The fraction of sp³-hybridized carbons (Fsp3) is 0.429. The number of carbonyl (C=O) groups excluding carboxylic acids is 2. The number of para-hydroxylation sites is 1. The second-order valence-corrected chi connectivity index (χ2v) is 11.7. The van der Waals surface area contributed by atoms with Crippen LogP contribution in [0.2, 0.25) is 0 Å². The molecule has 2 heterocycles. The SMILES string of the molecule is CCCCc1nc2ccc(N(CCCC)C(=O)OCC)nc2n1Cc1ccc(-c2ccccc2OC(=O)OC(C)(C)C)cc1. The van der Waals surface area contributed by atoms with Gasteiger partial charge in [-0.2, -0.15) is 0 Å². The number of benzene rings is 2. The van der Waals surface area contributed by atoms with Crippen LogP contribution in [0.3, 0.4) is 0 Å². The number of aromatic nitrogens is 3. The first-order valence-corrected chi connectivity index (χ1v) is 15.5. The van der Waals surface area contributed by atoms with E-state index in [0.717, 1.165) is 65.8 Å². The zero-order chi connectivity index (χ0) is 31.7. The van der Waals surface area contributed by atoms with Gasteiger partial charge < -0.3 is 18.8 Å². The first-order valence-electron chi connectivity index (χ1n) is 15.5. The van der Waals surface area contributed by atoms with Crippen molar-refractivity contribution in [1.82, 2.24) is 14.5 Å². The Bertz CT molecular complexity index is 1560. The van der Waals surface area contributed by atoms with Gasteiger partial charge in [-0.05, 0) is 69.9 Å². The number of rotatable bonds is 12. The Kier molecular flexibility index (Phi) is 11.0. The molecule has 0 spiro atoms. The van der Waals surface area contributed by atoms with E-state index in [1.807, 2.05) is 42.5 Å². The highest BCUT2D eigenvalue weighted by molar-refractivity contribution is 5.88. The van der Waals surface area contributed by atoms with E-state index in [9.17, 15) is 9.59 Å². The van der Waals surface area contributed by atoms with E-state index in [1.54, 1.807) is 38.7 Å². The normalized spacial score (nSPS) is 11.4. The topological polar surface area (TPSA) is 95.8 Å². The second-order valence-electron chi connectivity index (χ2n) is 11.7. The number of fused-ring (bicyclic) bond motifs is 1. The molecule has 0 saturated carbocycles. The van der Waals surface area contributed by atoms with Gasteiger partial charge in [0, 0.05) is 18.5 Å². The van der Waals surface area contributed by atoms with Crippen molar-refractivity contribution in [3.63, 3.8) is 0 Å². The van der Waals surface area contributed by atoms with E-state index in [-0.39, 0.29) is 0 Å². The van der Waals surface area contributed by atoms with Crippen LogP contribution in [0.15, 0.2) is 60.7 Å². The van der Waals surface area contributed by atoms with Gasteiger partial charge in [-0.15, -0.1) is 0 Å². The van der Waals surface area contributed by atoms with Gasteiger partial charge in [0.25, 0.3) is 0 Å². The second kappa shape index (κ2) is 14.9. The third-order valence-corrected chi connectivity index (χ3v) is 6.99.